The molecule has 1 amide bonds. The number of aliphatic hydroxyl groups is 1. The number of nitrogens with zero attached hydrogens (tertiary/aromatic N) is 1. The third kappa shape index (κ3) is 8.12. The van der Waals surface area contributed by atoms with Gasteiger partial charge in [0.1, 0.15) is 5.75 Å². The fraction of sp³-hybridized carbons (Fsp3) is 0.414. The molecule has 2 atom stereocenters. The molecule has 0 saturated carbocycles. The van der Waals surface area contributed by atoms with Gasteiger partial charge >= 0.3 is 0 Å². The highest BCUT2D eigenvalue weighted by Gasteiger charge is 2.28. The van der Waals surface area contributed by atoms with Crippen LogP contribution in [0.15, 0.2) is 60.0 Å². The van der Waals surface area contributed by atoms with Gasteiger partial charge in [-0.3, -0.25) is 18.2 Å². The molecular weight excluding hydrogens is 548 g/mol. The van der Waals surface area contributed by atoms with Gasteiger partial charge in [0, 0.05) is 48.7 Å². The molecule has 1 saturated heterocycles. The molecule has 1 aromatic heterocycles. The molecule has 0 unspecified atom stereocenters. The summed E-state index contributed by atoms with van der Waals surface area (Å²) in [5.41, 5.74) is 2.74. The largest absolute Gasteiger partial charge is 0.497 e. The van der Waals surface area contributed by atoms with Crippen LogP contribution in [0.2, 0.25) is 0 Å². The zero-order valence-corrected chi connectivity index (χ0v) is 24.6. The van der Waals surface area contributed by atoms with Gasteiger partial charge in [0.05, 0.1) is 30.7 Å². The predicted molar refractivity (Wildman–Crippen MR) is 165 cm³/mol. The highest BCUT2D eigenvalue weighted by atomic mass is 32.3. The molecule has 0 spiro atoms. The molecule has 40 heavy (non-hydrogen) atoms. The number of anilines is 2. The molecule has 6 N–H and O–H groups in total. The Kier molecular flexibility index (Phi) is 10.7. The molecule has 9 nitrogen and oxygen atoms in total. The quantitative estimate of drug-likeness (QED) is 0.166. The van der Waals surface area contributed by atoms with Gasteiger partial charge in [-0.05, 0) is 67.1 Å². The molecule has 218 valence electrons. The van der Waals surface area contributed by atoms with E-state index in [4.69, 9.17) is 4.74 Å². The number of hydrogen-bond donors (Lipinski definition) is 6. The van der Waals surface area contributed by atoms with Crippen LogP contribution in [0.25, 0.3) is 0 Å². The summed E-state index contributed by atoms with van der Waals surface area (Å²) >= 11 is 1.58. The fourth-order valence-electron chi connectivity index (χ4n) is 4.77. The number of aliphatic hydroxyl groups excluding tert-OH is 1. The number of carbonyl (C=O) groups excluding carboxylic acids is 1. The minimum atomic E-state index is -2.94. The fourth-order valence-corrected chi connectivity index (χ4v) is 7.21. The van der Waals surface area contributed by atoms with E-state index in [1.165, 1.54) is 0 Å². The summed E-state index contributed by atoms with van der Waals surface area (Å²) in [4.78, 5) is 14.6. The van der Waals surface area contributed by atoms with Crippen molar-refractivity contribution in [2.45, 2.75) is 44.9 Å². The van der Waals surface area contributed by atoms with Crippen molar-refractivity contribution in [3.8, 4) is 5.75 Å². The molecule has 2 aromatic carbocycles. The Labute approximate surface area is 242 Å². The van der Waals surface area contributed by atoms with Gasteiger partial charge in [0.15, 0.2) is 0 Å². The molecule has 0 radical (unpaired) electrons. The Hall–Kier alpha value is -2.80. The van der Waals surface area contributed by atoms with Gasteiger partial charge in [-0.1, -0.05) is 18.2 Å². The van der Waals surface area contributed by atoms with E-state index in [0.717, 1.165) is 34.7 Å². The summed E-state index contributed by atoms with van der Waals surface area (Å²) in [6.07, 6.45) is 1.24. The molecule has 11 heteroatoms. The van der Waals surface area contributed by atoms with Crippen LogP contribution in [-0.2, 0) is 13.0 Å². The number of nitrogens with one attached hydrogen (secondary N) is 3. The Morgan fingerprint density at radius 2 is 2.00 bits per heavy atom. The maximum atomic E-state index is 13.6. The van der Waals surface area contributed by atoms with Crippen molar-refractivity contribution in [3.05, 3.63) is 76.0 Å². The van der Waals surface area contributed by atoms with Crippen LogP contribution in [0, 0.1) is 0 Å². The summed E-state index contributed by atoms with van der Waals surface area (Å²) in [6, 6.07) is 16.4. The zero-order valence-electron chi connectivity index (χ0n) is 23.0. The lowest BCUT2D eigenvalue weighted by Gasteiger charge is -2.47. The van der Waals surface area contributed by atoms with E-state index in [2.05, 4.69) is 16.0 Å². The molecular formula is C29H40N4O5S2. The standard InChI is InChI=1S/C29H40N4O5S2/c1-3-31-23-15-22(16-24(17-23)33-11-4-5-13-40(33,36)37)29(35)32-27(18-26-10-7-12-39-26)28(34)20-30-19-21-8-6-9-25(14-21)38-2/h6-10,12,14-17,27-28,30-31,34,36-37H,3-5,11,13,18-20H2,1-2H3,(H,32,35)/t27-,28+/m0/s1. The van der Waals surface area contributed by atoms with Crippen LogP contribution in [0.1, 0.15) is 40.6 Å². The number of rotatable bonds is 13. The number of carbonyl (C=O) groups is 1. The molecule has 3 aromatic rings. The maximum absolute atomic E-state index is 13.6. The summed E-state index contributed by atoms with van der Waals surface area (Å²) in [7, 11) is -1.31. The average Bonchev–Trinajstić information content (AvgIpc) is 3.45. The van der Waals surface area contributed by atoms with Gasteiger partial charge in [-0.15, -0.1) is 22.1 Å². The molecule has 2 heterocycles. The number of benzene rings is 2. The van der Waals surface area contributed by atoms with Crippen molar-refractivity contribution in [3.63, 3.8) is 0 Å². The third-order valence-electron chi connectivity index (χ3n) is 6.83. The van der Waals surface area contributed by atoms with Crippen LogP contribution in [0.4, 0.5) is 11.4 Å². The van der Waals surface area contributed by atoms with Crippen molar-refractivity contribution >= 4 is 39.4 Å². The topological polar surface area (TPSA) is 126 Å². The van der Waals surface area contributed by atoms with Crippen molar-refractivity contribution < 1.29 is 23.7 Å². The van der Waals surface area contributed by atoms with Crippen LogP contribution >= 0.6 is 22.1 Å². The van der Waals surface area contributed by atoms with Crippen molar-refractivity contribution in [1.82, 2.24) is 10.6 Å². The average molecular weight is 589 g/mol. The molecule has 1 fully saturated rings. The molecule has 4 rings (SSSR count). The van der Waals surface area contributed by atoms with E-state index < -0.39 is 22.9 Å². The number of amides is 1. The number of methoxy groups -OCH3 is 1. The van der Waals surface area contributed by atoms with Gasteiger partial charge in [-0.25, -0.2) is 0 Å². The first kappa shape index (κ1) is 30.2. The summed E-state index contributed by atoms with van der Waals surface area (Å²) in [5.74, 6) is 0.758. The van der Waals surface area contributed by atoms with E-state index in [1.54, 1.807) is 34.9 Å². The first-order valence-electron chi connectivity index (χ1n) is 13.6. The van der Waals surface area contributed by atoms with Crippen LogP contribution in [0.5, 0.6) is 5.75 Å². The zero-order chi connectivity index (χ0) is 28.5. The minimum absolute atomic E-state index is 0.283. The molecule has 0 aliphatic carbocycles. The number of thiophene rings is 1. The second-order valence-corrected chi connectivity index (χ2v) is 13.0. The number of ether oxygens (including phenoxy) is 1. The van der Waals surface area contributed by atoms with Gasteiger partial charge in [0.2, 0.25) is 0 Å². The van der Waals surface area contributed by atoms with Gasteiger partial charge < -0.3 is 25.8 Å². The number of hydrogen-bond acceptors (Lipinski definition) is 9. The van der Waals surface area contributed by atoms with E-state index in [0.29, 0.717) is 43.1 Å². The normalized spacial score (nSPS) is 17.1. The van der Waals surface area contributed by atoms with E-state index in [-0.39, 0.29) is 12.5 Å². The second kappa shape index (κ2) is 14.2. The van der Waals surface area contributed by atoms with Crippen molar-refractivity contribution in [1.29, 1.82) is 0 Å². The second-order valence-electron chi connectivity index (χ2n) is 9.86. The SMILES string of the molecule is CCNc1cc(C(=O)N[C@@H](Cc2cccs2)[C@H](O)CNCc2cccc(OC)c2)cc(N2CCCCS2(O)O)c1. The lowest BCUT2D eigenvalue weighted by molar-refractivity contribution is 0.0831. The Bertz CT molecular complexity index is 1240. The monoisotopic (exact) mass is 588 g/mol. The van der Waals surface area contributed by atoms with Crippen LogP contribution in [-0.4, -0.2) is 64.8 Å². The molecule has 1 aliphatic rings. The van der Waals surface area contributed by atoms with Gasteiger partial charge in [-0.2, -0.15) is 0 Å². The maximum Gasteiger partial charge on any atom is 0.251 e. The lowest BCUT2D eigenvalue weighted by Crippen LogP contribution is -2.48. The molecule has 1 aliphatic heterocycles. The first-order chi connectivity index (χ1) is 19.3. The highest BCUT2D eigenvalue weighted by Crippen LogP contribution is 2.50. The minimum Gasteiger partial charge on any atom is -0.497 e. The summed E-state index contributed by atoms with van der Waals surface area (Å²) in [6.45, 7) is 3.96. The van der Waals surface area contributed by atoms with E-state index in [9.17, 15) is 19.0 Å². The van der Waals surface area contributed by atoms with Crippen LogP contribution in [0.3, 0.4) is 0 Å². The van der Waals surface area contributed by atoms with E-state index >= 15 is 0 Å². The third-order valence-corrected chi connectivity index (χ3v) is 9.66. The van der Waals surface area contributed by atoms with E-state index in [1.807, 2.05) is 54.8 Å². The Balaban J connectivity index is 1.50. The first-order valence-corrected chi connectivity index (χ1v) is 16.1. The van der Waals surface area contributed by atoms with Crippen molar-refractivity contribution in [2.24, 2.45) is 0 Å². The van der Waals surface area contributed by atoms with Crippen molar-refractivity contribution in [2.75, 3.05) is 42.1 Å². The summed E-state index contributed by atoms with van der Waals surface area (Å²) in [5, 5.41) is 22.7. The Morgan fingerprint density at radius 1 is 1.15 bits per heavy atom. The van der Waals surface area contributed by atoms with Gasteiger partial charge in [0.25, 0.3) is 5.91 Å². The van der Waals surface area contributed by atoms with Crippen LogP contribution < -0.4 is 25.0 Å². The predicted octanol–water partition coefficient (Wildman–Crippen LogP) is 4.95. The Morgan fingerprint density at radius 3 is 2.73 bits per heavy atom. The lowest BCUT2D eigenvalue weighted by atomic mass is 10.0. The smallest absolute Gasteiger partial charge is 0.251 e. The highest BCUT2D eigenvalue weighted by molar-refractivity contribution is 8.25. The summed E-state index contributed by atoms with van der Waals surface area (Å²) < 4.78 is 28.3. The molecule has 0 bridgehead atoms.